The van der Waals surface area contributed by atoms with Crippen LogP contribution in [-0.2, 0) is 9.53 Å². The van der Waals surface area contributed by atoms with Crippen LogP contribution >= 0.6 is 0 Å². The van der Waals surface area contributed by atoms with Gasteiger partial charge in [-0.05, 0) is 37.3 Å². The Kier molecular flexibility index (Phi) is 7.01. The number of esters is 1. The van der Waals surface area contributed by atoms with Gasteiger partial charge >= 0.3 is 18.1 Å². The van der Waals surface area contributed by atoms with E-state index in [0.717, 1.165) is 0 Å². The largest absolute Gasteiger partial charge is 0.471 e. The summed E-state index contributed by atoms with van der Waals surface area (Å²) < 4.78 is 43.4. The van der Waals surface area contributed by atoms with Crippen LogP contribution in [0.4, 0.5) is 24.5 Å². The Morgan fingerprint density at radius 3 is 2.22 bits per heavy atom. The lowest BCUT2D eigenvalue weighted by molar-refractivity contribution is -0.167. The molecule has 1 fully saturated rings. The second-order valence-electron chi connectivity index (χ2n) is 7.05. The lowest BCUT2D eigenvalue weighted by Crippen LogP contribution is -2.49. The molecule has 0 unspecified atom stereocenters. The summed E-state index contributed by atoms with van der Waals surface area (Å²) in [6.45, 7) is 3.08. The first-order valence-electron chi connectivity index (χ1n) is 9.99. The van der Waals surface area contributed by atoms with Crippen molar-refractivity contribution in [2.75, 3.05) is 43.0 Å². The standard InChI is InChI=1S/C22H22F3N3O4/c1-2-32-20(30)16-8-9-18(17(14-16)26-21(31)22(23,24)25)27-10-12-28(13-11-27)19(29)15-6-4-3-5-7-15/h3-9,14H,2,10-13H2,1H3,(H,26,31). The normalized spacial score (nSPS) is 14.1. The summed E-state index contributed by atoms with van der Waals surface area (Å²) in [5, 5.41) is 1.85. The van der Waals surface area contributed by atoms with E-state index in [-0.39, 0.29) is 23.8 Å². The molecule has 1 saturated heterocycles. The van der Waals surface area contributed by atoms with Crippen LogP contribution in [0.2, 0.25) is 0 Å². The zero-order valence-corrected chi connectivity index (χ0v) is 17.3. The molecule has 0 radical (unpaired) electrons. The van der Waals surface area contributed by atoms with Gasteiger partial charge in [0.1, 0.15) is 0 Å². The van der Waals surface area contributed by atoms with Gasteiger partial charge in [-0.15, -0.1) is 0 Å². The molecular weight excluding hydrogens is 427 g/mol. The maximum absolute atomic E-state index is 12.8. The quantitative estimate of drug-likeness (QED) is 0.709. The van der Waals surface area contributed by atoms with E-state index in [1.54, 1.807) is 41.0 Å². The fourth-order valence-electron chi connectivity index (χ4n) is 3.36. The van der Waals surface area contributed by atoms with Crippen molar-refractivity contribution in [2.24, 2.45) is 0 Å². The van der Waals surface area contributed by atoms with Crippen molar-refractivity contribution in [3.8, 4) is 0 Å². The highest BCUT2D eigenvalue weighted by Gasteiger charge is 2.39. The molecule has 0 atom stereocenters. The van der Waals surface area contributed by atoms with E-state index < -0.39 is 18.1 Å². The molecule has 1 heterocycles. The number of nitrogens with zero attached hydrogens (tertiary/aromatic N) is 2. The van der Waals surface area contributed by atoms with Crippen LogP contribution in [0.15, 0.2) is 48.5 Å². The predicted octanol–water partition coefficient (Wildman–Crippen LogP) is 3.33. The lowest BCUT2D eigenvalue weighted by atomic mass is 10.1. The fraction of sp³-hybridized carbons (Fsp3) is 0.318. The Hall–Kier alpha value is -3.56. The number of ether oxygens (including phenoxy) is 1. The first-order chi connectivity index (χ1) is 15.2. The number of rotatable bonds is 5. The monoisotopic (exact) mass is 449 g/mol. The van der Waals surface area contributed by atoms with E-state index >= 15 is 0 Å². The van der Waals surface area contributed by atoms with Gasteiger partial charge in [-0.1, -0.05) is 18.2 Å². The summed E-state index contributed by atoms with van der Waals surface area (Å²) >= 11 is 0. The second kappa shape index (κ2) is 9.71. The van der Waals surface area contributed by atoms with Crippen LogP contribution in [0, 0.1) is 0 Å². The van der Waals surface area contributed by atoms with Gasteiger partial charge in [-0.25, -0.2) is 4.79 Å². The van der Waals surface area contributed by atoms with Crippen LogP contribution in [0.3, 0.4) is 0 Å². The molecule has 32 heavy (non-hydrogen) atoms. The molecule has 3 rings (SSSR count). The highest BCUT2D eigenvalue weighted by Crippen LogP contribution is 2.30. The second-order valence-corrected chi connectivity index (χ2v) is 7.05. The van der Waals surface area contributed by atoms with Crippen LogP contribution in [0.25, 0.3) is 0 Å². The minimum Gasteiger partial charge on any atom is -0.462 e. The zero-order valence-electron chi connectivity index (χ0n) is 17.3. The summed E-state index contributed by atoms with van der Waals surface area (Å²) in [4.78, 5) is 39.6. The van der Waals surface area contributed by atoms with Gasteiger partial charge in [0.2, 0.25) is 0 Å². The number of carbonyl (C=O) groups is 3. The Bertz CT molecular complexity index is 988. The van der Waals surface area contributed by atoms with Gasteiger partial charge in [0.15, 0.2) is 0 Å². The molecule has 1 aliphatic heterocycles. The van der Waals surface area contributed by atoms with Crippen LogP contribution in [0.5, 0.6) is 0 Å². The fourth-order valence-corrected chi connectivity index (χ4v) is 3.36. The number of halogens is 3. The maximum atomic E-state index is 12.8. The van der Waals surface area contributed by atoms with Gasteiger partial charge in [-0.3, -0.25) is 9.59 Å². The van der Waals surface area contributed by atoms with Crippen molar-refractivity contribution >= 4 is 29.2 Å². The molecule has 170 valence electrons. The Labute approximate surface area is 182 Å². The third kappa shape index (κ3) is 5.37. The third-order valence-corrected chi connectivity index (χ3v) is 4.94. The molecule has 2 aromatic carbocycles. The van der Waals surface area contributed by atoms with Gasteiger partial charge < -0.3 is 19.9 Å². The number of anilines is 2. The van der Waals surface area contributed by atoms with Crippen molar-refractivity contribution in [1.29, 1.82) is 0 Å². The molecule has 0 saturated carbocycles. The van der Waals surface area contributed by atoms with Crippen molar-refractivity contribution in [2.45, 2.75) is 13.1 Å². The summed E-state index contributed by atoms with van der Waals surface area (Å²) in [5.74, 6) is -2.98. The summed E-state index contributed by atoms with van der Waals surface area (Å²) in [6.07, 6.45) is -5.09. The SMILES string of the molecule is CCOC(=O)c1ccc(N2CCN(C(=O)c3ccccc3)CC2)c(NC(=O)C(F)(F)F)c1. The highest BCUT2D eigenvalue weighted by atomic mass is 19.4. The number of piperazine rings is 1. The van der Waals surface area contributed by atoms with Crippen molar-refractivity contribution in [3.05, 3.63) is 59.7 Å². The average molecular weight is 449 g/mol. The number of alkyl halides is 3. The van der Waals surface area contributed by atoms with Crippen LogP contribution in [0.1, 0.15) is 27.6 Å². The van der Waals surface area contributed by atoms with Crippen LogP contribution < -0.4 is 10.2 Å². The first-order valence-corrected chi connectivity index (χ1v) is 9.99. The van der Waals surface area contributed by atoms with E-state index in [4.69, 9.17) is 4.74 Å². The lowest BCUT2D eigenvalue weighted by Gasteiger charge is -2.37. The number of hydrogen-bond donors (Lipinski definition) is 1. The molecule has 1 aliphatic rings. The average Bonchev–Trinajstić information content (AvgIpc) is 2.79. The Morgan fingerprint density at radius 1 is 0.969 bits per heavy atom. The van der Waals surface area contributed by atoms with Gasteiger partial charge in [0.25, 0.3) is 5.91 Å². The zero-order chi connectivity index (χ0) is 23.3. The highest BCUT2D eigenvalue weighted by molar-refractivity contribution is 6.00. The predicted molar refractivity (Wildman–Crippen MR) is 112 cm³/mol. The summed E-state index contributed by atoms with van der Waals surface area (Å²) in [7, 11) is 0. The number of hydrogen-bond acceptors (Lipinski definition) is 5. The number of amides is 2. The minimum atomic E-state index is -5.09. The molecule has 2 amide bonds. The molecule has 0 bridgehead atoms. The maximum Gasteiger partial charge on any atom is 0.471 e. The van der Waals surface area contributed by atoms with E-state index in [0.29, 0.717) is 37.4 Å². The number of carbonyl (C=O) groups excluding carboxylic acids is 3. The van der Waals surface area contributed by atoms with E-state index in [9.17, 15) is 27.6 Å². The summed E-state index contributed by atoms with van der Waals surface area (Å²) in [6, 6.07) is 12.8. The molecule has 0 aromatic heterocycles. The van der Waals surface area contributed by atoms with Gasteiger partial charge in [0, 0.05) is 31.7 Å². The Balaban J connectivity index is 1.79. The minimum absolute atomic E-state index is 0.0194. The van der Waals surface area contributed by atoms with Crippen molar-refractivity contribution in [1.82, 2.24) is 4.90 Å². The van der Waals surface area contributed by atoms with Crippen molar-refractivity contribution < 1.29 is 32.3 Å². The van der Waals surface area contributed by atoms with Gasteiger partial charge in [-0.2, -0.15) is 13.2 Å². The van der Waals surface area contributed by atoms with Gasteiger partial charge in [0.05, 0.1) is 23.5 Å². The Morgan fingerprint density at radius 2 is 1.62 bits per heavy atom. The molecule has 2 aromatic rings. The summed E-state index contributed by atoms with van der Waals surface area (Å²) in [5.41, 5.74) is 0.743. The van der Waals surface area contributed by atoms with E-state index in [2.05, 4.69) is 0 Å². The topological polar surface area (TPSA) is 79.0 Å². The van der Waals surface area contributed by atoms with Crippen LogP contribution in [-0.4, -0.2) is 61.6 Å². The van der Waals surface area contributed by atoms with E-state index in [1.165, 1.54) is 18.2 Å². The molecule has 0 aliphatic carbocycles. The molecule has 7 nitrogen and oxygen atoms in total. The smallest absolute Gasteiger partial charge is 0.462 e. The number of nitrogens with one attached hydrogen (secondary N) is 1. The van der Waals surface area contributed by atoms with Crippen molar-refractivity contribution in [3.63, 3.8) is 0 Å². The van der Waals surface area contributed by atoms with E-state index in [1.807, 2.05) is 11.4 Å². The number of benzene rings is 2. The first kappa shape index (κ1) is 23.1. The third-order valence-electron chi connectivity index (χ3n) is 4.94. The molecular formula is C22H22F3N3O4. The molecule has 1 N–H and O–H groups in total. The molecule has 10 heteroatoms. The molecule has 0 spiro atoms.